The summed E-state index contributed by atoms with van der Waals surface area (Å²) in [6.07, 6.45) is 0.567. The minimum Gasteiger partial charge on any atom is -0.480 e. The maximum absolute atomic E-state index is 12.0. The molecule has 0 aliphatic rings. The fourth-order valence-electron chi connectivity index (χ4n) is 2.30. The van der Waals surface area contributed by atoms with Crippen LogP contribution in [0.1, 0.15) is 21.9 Å². The van der Waals surface area contributed by atoms with Gasteiger partial charge in [-0.25, -0.2) is 4.98 Å². The van der Waals surface area contributed by atoms with E-state index in [1.165, 1.54) is 7.11 Å². The number of carbonyl (C=O) groups is 1. The summed E-state index contributed by atoms with van der Waals surface area (Å²) in [7, 11) is 1.49. The number of aromatic nitrogens is 3. The van der Waals surface area contributed by atoms with E-state index in [-0.39, 0.29) is 11.6 Å². The van der Waals surface area contributed by atoms with Gasteiger partial charge in [-0.15, -0.1) is 10.2 Å². The number of nitrogens with zero attached hydrogens (tertiary/aromatic N) is 3. The minimum atomic E-state index is -0.292. The lowest BCUT2D eigenvalue weighted by Gasteiger charge is -2.03. The smallest absolute Gasteiger partial charge is 0.271 e. The standard InChI is InChI=1S/C18H18N4O3/c1-12-14(20-18(25-12)13-6-4-3-5-7-13)10-11-19-17(23)15-8-9-16(24-2)22-21-15/h3-9H,10-11H2,1-2H3,(H,19,23). The molecule has 128 valence electrons. The summed E-state index contributed by atoms with van der Waals surface area (Å²) in [4.78, 5) is 16.6. The van der Waals surface area contributed by atoms with E-state index in [1.54, 1.807) is 12.1 Å². The highest BCUT2D eigenvalue weighted by Gasteiger charge is 2.12. The molecule has 3 rings (SSSR count). The van der Waals surface area contributed by atoms with Gasteiger partial charge in [0.2, 0.25) is 11.8 Å². The predicted octanol–water partition coefficient (Wildman–Crippen LogP) is 2.42. The third kappa shape index (κ3) is 4.00. The Kier molecular flexibility index (Phi) is 5.03. The molecule has 0 bridgehead atoms. The number of rotatable bonds is 6. The lowest BCUT2D eigenvalue weighted by Crippen LogP contribution is -2.27. The summed E-state index contributed by atoms with van der Waals surface area (Å²) in [5.74, 6) is 1.40. The summed E-state index contributed by atoms with van der Waals surface area (Å²) in [6, 6.07) is 12.9. The number of benzene rings is 1. The van der Waals surface area contributed by atoms with Crippen molar-refractivity contribution in [1.29, 1.82) is 0 Å². The van der Waals surface area contributed by atoms with Crippen LogP contribution in [-0.2, 0) is 6.42 Å². The first-order valence-electron chi connectivity index (χ1n) is 7.85. The van der Waals surface area contributed by atoms with Crippen molar-refractivity contribution in [2.24, 2.45) is 0 Å². The molecule has 2 heterocycles. The average Bonchev–Trinajstić information content (AvgIpc) is 3.03. The fourth-order valence-corrected chi connectivity index (χ4v) is 2.30. The second-order valence-electron chi connectivity index (χ2n) is 5.35. The highest BCUT2D eigenvalue weighted by molar-refractivity contribution is 5.92. The van der Waals surface area contributed by atoms with E-state index in [4.69, 9.17) is 9.15 Å². The first-order valence-corrected chi connectivity index (χ1v) is 7.85. The van der Waals surface area contributed by atoms with Gasteiger partial charge in [-0.2, -0.15) is 0 Å². The zero-order chi connectivity index (χ0) is 17.6. The summed E-state index contributed by atoms with van der Waals surface area (Å²) in [6.45, 7) is 2.29. The highest BCUT2D eigenvalue weighted by atomic mass is 16.5. The molecule has 1 amide bonds. The molecule has 3 aromatic rings. The molecule has 0 radical (unpaired) electrons. The number of carbonyl (C=O) groups excluding carboxylic acids is 1. The Morgan fingerprint density at radius 2 is 1.96 bits per heavy atom. The molecule has 0 saturated heterocycles. The van der Waals surface area contributed by atoms with Gasteiger partial charge in [0.1, 0.15) is 5.76 Å². The number of hydrogen-bond acceptors (Lipinski definition) is 6. The number of aryl methyl sites for hydroxylation is 1. The third-order valence-corrected chi connectivity index (χ3v) is 3.64. The predicted molar refractivity (Wildman–Crippen MR) is 91.3 cm³/mol. The van der Waals surface area contributed by atoms with Crippen molar-refractivity contribution in [3.63, 3.8) is 0 Å². The van der Waals surface area contributed by atoms with Crippen molar-refractivity contribution in [2.75, 3.05) is 13.7 Å². The van der Waals surface area contributed by atoms with Crippen molar-refractivity contribution in [2.45, 2.75) is 13.3 Å². The maximum Gasteiger partial charge on any atom is 0.271 e. The minimum absolute atomic E-state index is 0.239. The van der Waals surface area contributed by atoms with Crippen molar-refractivity contribution < 1.29 is 13.9 Å². The van der Waals surface area contributed by atoms with E-state index >= 15 is 0 Å². The summed E-state index contributed by atoms with van der Waals surface area (Å²) >= 11 is 0. The maximum atomic E-state index is 12.0. The van der Waals surface area contributed by atoms with Gasteiger partial charge in [0.25, 0.3) is 5.91 Å². The van der Waals surface area contributed by atoms with E-state index in [1.807, 2.05) is 37.3 Å². The lowest BCUT2D eigenvalue weighted by molar-refractivity contribution is 0.0948. The molecule has 1 N–H and O–H groups in total. The van der Waals surface area contributed by atoms with E-state index < -0.39 is 0 Å². The third-order valence-electron chi connectivity index (χ3n) is 3.64. The first-order chi connectivity index (χ1) is 12.2. The quantitative estimate of drug-likeness (QED) is 0.742. The zero-order valence-corrected chi connectivity index (χ0v) is 14.0. The molecular weight excluding hydrogens is 320 g/mol. The van der Waals surface area contributed by atoms with Crippen LogP contribution >= 0.6 is 0 Å². The van der Waals surface area contributed by atoms with Crippen molar-refractivity contribution >= 4 is 5.91 Å². The molecule has 0 fully saturated rings. The summed E-state index contributed by atoms with van der Waals surface area (Å²) in [5, 5.41) is 10.4. The van der Waals surface area contributed by atoms with Gasteiger partial charge in [0.15, 0.2) is 5.69 Å². The van der Waals surface area contributed by atoms with Gasteiger partial charge >= 0.3 is 0 Å². The van der Waals surface area contributed by atoms with Crippen LogP contribution in [0.4, 0.5) is 0 Å². The van der Waals surface area contributed by atoms with E-state index in [0.29, 0.717) is 24.7 Å². The van der Waals surface area contributed by atoms with E-state index in [2.05, 4.69) is 20.5 Å². The number of oxazole rings is 1. The van der Waals surface area contributed by atoms with Crippen LogP contribution in [0.3, 0.4) is 0 Å². The second-order valence-corrected chi connectivity index (χ2v) is 5.35. The Morgan fingerprint density at radius 1 is 1.16 bits per heavy atom. The highest BCUT2D eigenvalue weighted by Crippen LogP contribution is 2.21. The number of ether oxygens (including phenoxy) is 1. The van der Waals surface area contributed by atoms with Gasteiger partial charge in [0.05, 0.1) is 12.8 Å². The molecule has 0 unspecified atom stereocenters. The first kappa shape index (κ1) is 16.6. The van der Waals surface area contributed by atoms with Crippen molar-refractivity contribution in [1.82, 2.24) is 20.5 Å². The fraction of sp³-hybridized carbons (Fsp3) is 0.222. The molecule has 1 aromatic carbocycles. The number of methoxy groups -OCH3 is 1. The molecule has 0 spiro atoms. The van der Waals surface area contributed by atoms with E-state index in [0.717, 1.165) is 17.0 Å². The lowest BCUT2D eigenvalue weighted by atomic mass is 10.2. The molecule has 7 nitrogen and oxygen atoms in total. The van der Waals surface area contributed by atoms with Crippen molar-refractivity contribution in [3.8, 4) is 17.3 Å². The largest absolute Gasteiger partial charge is 0.480 e. The number of hydrogen-bond donors (Lipinski definition) is 1. The zero-order valence-electron chi connectivity index (χ0n) is 14.0. The van der Waals surface area contributed by atoms with Crippen LogP contribution in [0, 0.1) is 6.92 Å². The van der Waals surface area contributed by atoms with Gasteiger partial charge in [-0.3, -0.25) is 4.79 Å². The average molecular weight is 338 g/mol. The topological polar surface area (TPSA) is 90.1 Å². The van der Waals surface area contributed by atoms with Gasteiger partial charge in [-0.1, -0.05) is 18.2 Å². The molecule has 2 aromatic heterocycles. The monoisotopic (exact) mass is 338 g/mol. The van der Waals surface area contributed by atoms with Crippen LogP contribution < -0.4 is 10.1 Å². The molecular formula is C18H18N4O3. The Hall–Kier alpha value is -3.22. The Balaban J connectivity index is 1.58. The molecule has 0 aliphatic carbocycles. The van der Waals surface area contributed by atoms with Gasteiger partial charge in [-0.05, 0) is 25.1 Å². The van der Waals surface area contributed by atoms with Gasteiger partial charge < -0.3 is 14.5 Å². The normalized spacial score (nSPS) is 10.5. The Bertz CT molecular complexity index is 845. The van der Waals surface area contributed by atoms with E-state index in [9.17, 15) is 4.79 Å². The Labute approximate surface area is 145 Å². The second kappa shape index (κ2) is 7.57. The summed E-state index contributed by atoms with van der Waals surface area (Å²) < 4.78 is 10.6. The van der Waals surface area contributed by atoms with Crippen LogP contribution in [0.15, 0.2) is 46.9 Å². The van der Waals surface area contributed by atoms with Crippen molar-refractivity contribution in [3.05, 3.63) is 59.6 Å². The van der Waals surface area contributed by atoms with Crippen LogP contribution in [0.5, 0.6) is 5.88 Å². The van der Waals surface area contributed by atoms with Crippen LogP contribution in [0.2, 0.25) is 0 Å². The number of nitrogens with one attached hydrogen (secondary N) is 1. The van der Waals surface area contributed by atoms with Crippen LogP contribution in [-0.4, -0.2) is 34.7 Å². The van der Waals surface area contributed by atoms with Gasteiger partial charge in [0, 0.05) is 24.6 Å². The SMILES string of the molecule is COc1ccc(C(=O)NCCc2nc(-c3ccccc3)oc2C)nn1. The Morgan fingerprint density at radius 3 is 2.64 bits per heavy atom. The van der Waals surface area contributed by atoms with Crippen LogP contribution in [0.25, 0.3) is 11.5 Å². The summed E-state index contributed by atoms with van der Waals surface area (Å²) in [5.41, 5.74) is 1.98. The molecule has 0 aliphatic heterocycles. The molecule has 7 heteroatoms. The molecule has 25 heavy (non-hydrogen) atoms. The number of amides is 1. The molecule has 0 atom stereocenters. The molecule has 0 saturated carbocycles.